The maximum atomic E-state index is 3.89. The van der Waals surface area contributed by atoms with Gasteiger partial charge in [-0.3, -0.25) is 0 Å². The molecule has 0 amide bonds. The van der Waals surface area contributed by atoms with Crippen molar-refractivity contribution in [1.29, 1.82) is 0 Å². The second kappa shape index (κ2) is 7.43. The monoisotopic (exact) mass is 538 g/mol. The fourth-order valence-electron chi connectivity index (χ4n) is 5.01. The number of aryl methyl sites for hydroxylation is 2. The second-order valence-electron chi connectivity index (χ2n) is 8.62. The van der Waals surface area contributed by atoms with Gasteiger partial charge in [0.2, 0.25) is 0 Å². The first-order chi connectivity index (χ1) is 15.5. The van der Waals surface area contributed by atoms with E-state index in [0.717, 1.165) is 8.95 Å². The van der Waals surface area contributed by atoms with Crippen LogP contribution in [0.5, 0.6) is 0 Å². The fourth-order valence-corrected chi connectivity index (χ4v) is 6.13. The van der Waals surface area contributed by atoms with E-state index in [4.69, 9.17) is 0 Å². The van der Waals surface area contributed by atoms with Crippen molar-refractivity contribution in [2.24, 2.45) is 0 Å². The van der Waals surface area contributed by atoms with Gasteiger partial charge in [0.25, 0.3) is 0 Å². The van der Waals surface area contributed by atoms with Crippen molar-refractivity contribution in [3.8, 4) is 22.3 Å². The van der Waals surface area contributed by atoms with Crippen molar-refractivity contribution in [2.45, 2.75) is 13.8 Å². The summed E-state index contributed by atoms with van der Waals surface area (Å²) in [6, 6.07) is 31.2. The molecule has 0 spiro atoms. The molecule has 154 valence electrons. The summed E-state index contributed by atoms with van der Waals surface area (Å²) in [6.45, 7) is 4.30. The molecule has 0 saturated heterocycles. The molecule has 0 nitrogen and oxygen atoms in total. The first-order valence-corrected chi connectivity index (χ1v) is 12.3. The van der Waals surface area contributed by atoms with Crippen LogP contribution in [0.3, 0.4) is 0 Å². The molecular formula is C30H20Br2. The molecule has 0 atom stereocenters. The largest absolute Gasteiger partial charge is 0.0614 e. The highest BCUT2D eigenvalue weighted by atomic mass is 79.9. The molecule has 0 aliphatic carbocycles. The second-order valence-corrected chi connectivity index (χ2v) is 10.3. The standard InChI is InChI=1S/C30H20Br2/c1-17-5-3-7-19(13-17)25-15-27(31)23-12-10-22-26(20-8-4-6-18(2)14-20)16-28(32)24-11-9-21(25)29(23)30(22)24/h3-16H,1-2H3. The number of halogens is 2. The van der Waals surface area contributed by atoms with Crippen molar-refractivity contribution in [1.82, 2.24) is 0 Å². The average molecular weight is 540 g/mol. The Kier molecular flexibility index (Phi) is 4.64. The van der Waals surface area contributed by atoms with Gasteiger partial charge >= 0.3 is 0 Å². The summed E-state index contributed by atoms with van der Waals surface area (Å²) < 4.78 is 2.26. The molecule has 0 fully saturated rings. The van der Waals surface area contributed by atoms with E-state index in [-0.39, 0.29) is 0 Å². The lowest BCUT2D eigenvalue weighted by Gasteiger charge is -2.19. The Balaban J connectivity index is 1.80. The molecule has 0 aliphatic heterocycles. The number of benzene rings is 6. The normalized spacial score (nSPS) is 11.8. The minimum atomic E-state index is 1.13. The van der Waals surface area contributed by atoms with Crippen LogP contribution < -0.4 is 0 Å². The van der Waals surface area contributed by atoms with E-state index in [2.05, 4.69) is 131 Å². The van der Waals surface area contributed by atoms with Gasteiger partial charge < -0.3 is 0 Å². The summed E-state index contributed by atoms with van der Waals surface area (Å²) in [5, 5.41) is 7.73. The molecular weight excluding hydrogens is 520 g/mol. The predicted octanol–water partition coefficient (Wildman–Crippen LogP) is 10.1. The molecule has 6 aromatic rings. The maximum Gasteiger partial charge on any atom is 0.0260 e. The number of rotatable bonds is 2. The van der Waals surface area contributed by atoms with E-state index in [1.807, 2.05) is 0 Å². The molecule has 0 radical (unpaired) electrons. The molecule has 0 bridgehead atoms. The van der Waals surface area contributed by atoms with Gasteiger partial charge in [0.15, 0.2) is 0 Å². The highest BCUT2D eigenvalue weighted by molar-refractivity contribution is 9.11. The molecule has 2 heteroatoms. The lowest BCUT2D eigenvalue weighted by atomic mass is 9.87. The van der Waals surface area contributed by atoms with Crippen molar-refractivity contribution >= 4 is 64.2 Å². The van der Waals surface area contributed by atoms with Gasteiger partial charge in [0.1, 0.15) is 0 Å². The van der Waals surface area contributed by atoms with Gasteiger partial charge in [-0.1, -0.05) is 116 Å². The van der Waals surface area contributed by atoms with E-state index >= 15 is 0 Å². The van der Waals surface area contributed by atoms with Crippen LogP contribution in [0.4, 0.5) is 0 Å². The van der Waals surface area contributed by atoms with Crippen LogP contribution in [0.2, 0.25) is 0 Å². The first kappa shape index (κ1) is 20.0. The highest BCUT2D eigenvalue weighted by Crippen LogP contribution is 2.46. The third-order valence-corrected chi connectivity index (χ3v) is 7.77. The SMILES string of the molecule is Cc1cccc(-c2cc(Br)c3ccc4c(-c5cccc(C)c5)cc(Br)c5ccc2c3c54)c1. The van der Waals surface area contributed by atoms with Crippen LogP contribution in [0, 0.1) is 13.8 Å². The maximum absolute atomic E-state index is 3.89. The Hall–Kier alpha value is -2.68. The third-order valence-electron chi connectivity index (χ3n) is 6.46. The molecule has 0 heterocycles. The average Bonchev–Trinajstić information content (AvgIpc) is 2.79. The Morgan fingerprint density at radius 1 is 0.469 bits per heavy atom. The summed E-state index contributed by atoms with van der Waals surface area (Å²) in [6.07, 6.45) is 0. The Morgan fingerprint density at radius 2 is 0.875 bits per heavy atom. The Labute approximate surface area is 204 Å². The van der Waals surface area contributed by atoms with Crippen molar-refractivity contribution in [2.75, 3.05) is 0 Å². The lowest BCUT2D eigenvalue weighted by Crippen LogP contribution is -1.92. The molecule has 32 heavy (non-hydrogen) atoms. The van der Waals surface area contributed by atoms with E-state index in [1.165, 1.54) is 65.7 Å². The third kappa shape index (κ3) is 3.01. The van der Waals surface area contributed by atoms with Gasteiger partial charge in [0, 0.05) is 8.95 Å². The van der Waals surface area contributed by atoms with Crippen LogP contribution in [0.15, 0.2) is 93.9 Å². The van der Waals surface area contributed by atoms with E-state index < -0.39 is 0 Å². The van der Waals surface area contributed by atoms with Gasteiger partial charge in [0.05, 0.1) is 0 Å². The van der Waals surface area contributed by atoms with Gasteiger partial charge in [-0.2, -0.15) is 0 Å². The van der Waals surface area contributed by atoms with Crippen LogP contribution in [-0.4, -0.2) is 0 Å². The van der Waals surface area contributed by atoms with Gasteiger partial charge in [-0.05, 0) is 80.6 Å². The van der Waals surface area contributed by atoms with Crippen molar-refractivity contribution < 1.29 is 0 Å². The molecule has 0 aliphatic rings. The predicted molar refractivity (Wildman–Crippen MR) is 146 cm³/mol. The zero-order chi connectivity index (χ0) is 22.0. The van der Waals surface area contributed by atoms with E-state index in [9.17, 15) is 0 Å². The minimum absolute atomic E-state index is 1.13. The Morgan fingerprint density at radius 3 is 1.28 bits per heavy atom. The molecule has 0 saturated carbocycles. The van der Waals surface area contributed by atoms with E-state index in [1.54, 1.807) is 0 Å². The Bertz CT molecular complexity index is 1530. The summed E-state index contributed by atoms with van der Waals surface area (Å²) in [5.41, 5.74) is 7.57. The van der Waals surface area contributed by atoms with Crippen LogP contribution >= 0.6 is 31.9 Å². The molecule has 6 rings (SSSR count). The highest BCUT2D eigenvalue weighted by Gasteiger charge is 2.18. The lowest BCUT2D eigenvalue weighted by molar-refractivity contribution is 1.47. The quantitative estimate of drug-likeness (QED) is 0.192. The molecule has 0 unspecified atom stereocenters. The summed E-state index contributed by atoms with van der Waals surface area (Å²) in [7, 11) is 0. The minimum Gasteiger partial charge on any atom is -0.0614 e. The summed E-state index contributed by atoms with van der Waals surface area (Å²) >= 11 is 7.78. The van der Waals surface area contributed by atoms with Crippen molar-refractivity contribution in [3.05, 3.63) is 105 Å². The van der Waals surface area contributed by atoms with Crippen molar-refractivity contribution in [3.63, 3.8) is 0 Å². The first-order valence-electron chi connectivity index (χ1n) is 10.7. The number of hydrogen-bond acceptors (Lipinski definition) is 0. The smallest absolute Gasteiger partial charge is 0.0260 e. The molecule has 6 aromatic carbocycles. The molecule has 0 N–H and O–H groups in total. The van der Waals surface area contributed by atoms with E-state index in [0.29, 0.717) is 0 Å². The summed E-state index contributed by atoms with van der Waals surface area (Å²) in [4.78, 5) is 0. The van der Waals surface area contributed by atoms with Gasteiger partial charge in [-0.15, -0.1) is 0 Å². The zero-order valence-electron chi connectivity index (χ0n) is 17.8. The number of hydrogen-bond donors (Lipinski definition) is 0. The van der Waals surface area contributed by atoms with Crippen LogP contribution in [0.25, 0.3) is 54.6 Å². The fraction of sp³-hybridized carbons (Fsp3) is 0.0667. The summed E-state index contributed by atoms with van der Waals surface area (Å²) in [5.74, 6) is 0. The van der Waals surface area contributed by atoms with Crippen LogP contribution in [0.1, 0.15) is 11.1 Å². The van der Waals surface area contributed by atoms with Gasteiger partial charge in [-0.25, -0.2) is 0 Å². The topological polar surface area (TPSA) is 0 Å². The van der Waals surface area contributed by atoms with Crippen LogP contribution in [-0.2, 0) is 0 Å². The molecule has 0 aromatic heterocycles. The zero-order valence-corrected chi connectivity index (χ0v) is 21.0.